The number of nitrogens with zero attached hydrogens (tertiary/aromatic N) is 4. The lowest BCUT2D eigenvalue weighted by Gasteiger charge is -2.37. The Hall–Kier alpha value is -1.86. The van der Waals surface area contributed by atoms with Crippen LogP contribution in [0.15, 0.2) is 18.6 Å². The summed E-state index contributed by atoms with van der Waals surface area (Å²) in [5, 5.41) is 21.5. The van der Waals surface area contributed by atoms with Crippen LogP contribution in [0, 0.1) is 12.8 Å². The fourth-order valence-corrected chi connectivity index (χ4v) is 3.07. The van der Waals surface area contributed by atoms with Crippen LogP contribution in [0.3, 0.4) is 0 Å². The van der Waals surface area contributed by atoms with Crippen molar-refractivity contribution in [2.24, 2.45) is 13.0 Å². The van der Waals surface area contributed by atoms with Crippen molar-refractivity contribution >= 4 is 17.5 Å². The highest BCUT2D eigenvalue weighted by molar-refractivity contribution is 6.31. The van der Waals surface area contributed by atoms with Gasteiger partial charge in [-0.1, -0.05) is 11.6 Å². The topological polar surface area (TPSA) is 85.0 Å². The van der Waals surface area contributed by atoms with Crippen LogP contribution in [0.1, 0.15) is 30.1 Å². The van der Waals surface area contributed by atoms with Crippen molar-refractivity contribution in [3.05, 3.63) is 34.9 Å². The second kappa shape index (κ2) is 6.33. The summed E-state index contributed by atoms with van der Waals surface area (Å²) in [5.41, 5.74) is 1.65. The molecule has 23 heavy (non-hydrogen) atoms. The summed E-state index contributed by atoms with van der Waals surface area (Å²) in [6, 6.07) is -0.147. The number of carbonyl (C=O) groups excluding carboxylic acids is 1. The van der Waals surface area contributed by atoms with Gasteiger partial charge in [0.25, 0.3) is 0 Å². The fraction of sp³-hybridized carbons (Fsp3) is 0.533. The highest BCUT2D eigenvalue weighted by Gasteiger charge is 2.36. The van der Waals surface area contributed by atoms with E-state index in [1.807, 2.05) is 13.2 Å². The third kappa shape index (κ3) is 3.56. The van der Waals surface area contributed by atoms with Gasteiger partial charge < -0.3 is 10.4 Å². The second-order valence-corrected chi connectivity index (χ2v) is 6.55. The van der Waals surface area contributed by atoms with Crippen molar-refractivity contribution in [2.75, 3.05) is 0 Å². The number of aryl methyl sites for hydroxylation is 2. The van der Waals surface area contributed by atoms with Crippen LogP contribution in [-0.2, 0) is 18.4 Å². The molecule has 7 nitrogen and oxygen atoms in total. The third-order valence-electron chi connectivity index (χ3n) is 4.21. The van der Waals surface area contributed by atoms with E-state index in [1.165, 1.54) is 4.68 Å². The average molecular weight is 338 g/mol. The molecule has 0 saturated heterocycles. The zero-order valence-corrected chi connectivity index (χ0v) is 13.9. The number of nitrogens with one attached hydrogen (secondary N) is 1. The molecule has 2 N–H and O–H groups in total. The number of carbonyl (C=O) groups is 1. The minimum absolute atomic E-state index is 0.111. The summed E-state index contributed by atoms with van der Waals surface area (Å²) in [6.07, 6.45) is 6.39. The molecular formula is C15H20ClN5O2. The molecule has 2 heterocycles. The van der Waals surface area contributed by atoms with E-state index in [0.717, 1.165) is 5.56 Å². The molecular weight excluding hydrogens is 318 g/mol. The van der Waals surface area contributed by atoms with E-state index in [4.69, 9.17) is 11.6 Å². The molecule has 0 radical (unpaired) electrons. The Morgan fingerprint density at radius 3 is 2.78 bits per heavy atom. The summed E-state index contributed by atoms with van der Waals surface area (Å²) >= 11 is 5.96. The van der Waals surface area contributed by atoms with E-state index < -0.39 is 0 Å². The van der Waals surface area contributed by atoms with Crippen LogP contribution in [0.4, 0.5) is 0 Å². The highest BCUT2D eigenvalue weighted by atomic mass is 35.5. The van der Waals surface area contributed by atoms with Crippen LogP contribution in [0.5, 0.6) is 0 Å². The molecule has 1 saturated carbocycles. The minimum Gasteiger partial charge on any atom is -0.393 e. The Kier molecular flexibility index (Phi) is 4.41. The van der Waals surface area contributed by atoms with Gasteiger partial charge in [0, 0.05) is 25.0 Å². The zero-order valence-electron chi connectivity index (χ0n) is 13.1. The molecule has 1 unspecified atom stereocenters. The Morgan fingerprint density at radius 1 is 1.52 bits per heavy atom. The fourth-order valence-electron chi connectivity index (χ4n) is 2.92. The third-order valence-corrected chi connectivity index (χ3v) is 4.58. The van der Waals surface area contributed by atoms with Crippen molar-refractivity contribution in [2.45, 2.75) is 38.5 Å². The zero-order chi connectivity index (χ0) is 16.6. The normalized spacial score (nSPS) is 21.7. The van der Waals surface area contributed by atoms with E-state index in [2.05, 4.69) is 15.5 Å². The van der Waals surface area contributed by atoms with Crippen molar-refractivity contribution < 1.29 is 9.90 Å². The lowest BCUT2D eigenvalue weighted by Crippen LogP contribution is -2.42. The van der Waals surface area contributed by atoms with Crippen molar-refractivity contribution in [3.8, 4) is 0 Å². The SMILES string of the molecule is Cc1nn(CC(=O)NC(c2cnn(C)c2)C2CC(O)C2)cc1Cl. The maximum absolute atomic E-state index is 12.3. The van der Waals surface area contributed by atoms with Gasteiger partial charge in [0.2, 0.25) is 5.91 Å². The molecule has 8 heteroatoms. The maximum Gasteiger partial charge on any atom is 0.242 e. The molecule has 3 rings (SSSR count). The molecule has 1 aliphatic rings. The predicted molar refractivity (Wildman–Crippen MR) is 84.8 cm³/mol. The Morgan fingerprint density at radius 2 is 2.26 bits per heavy atom. The summed E-state index contributed by atoms with van der Waals surface area (Å²) in [6.45, 7) is 1.91. The largest absolute Gasteiger partial charge is 0.393 e. The molecule has 1 amide bonds. The molecule has 0 aliphatic heterocycles. The number of hydrogen-bond acceptors (Lipinski definition) is 4. The first-order chi connectivity index (χ1) is 10.9. The van der Waals surface area contributed by atoms with Crippen molar-refractivity contribution in [1.29, 1.82) is 0 Å². The Balaban J connectivity index is 1.69. The van der Waals surface area contributed by atoms with Crippen molar-refractivity contribution in [1.82, 2.24) is 24.9 Å². The maximum atomic E-state index is 12.3. The number of aliphatic hydroxyl groups excluding tert-OH is 1. The first kappa shape index (κ1) is 16.0. The molecule has 2 aromatic rings. The van der Waals surface area contributed by atoms with Crippen LogP contribution in [0.25, 0.3) is 0 Å². The quantitative estimate of drug-likeness (QED) is 0.858. The van der Waals surface area contributed by atoms with Gasteiger partial charge in [-0.3, -0.25) is 14.2 Å². The van der Waals surface area contributed by atoms with Gasteiger partial charge in [-0.15, -0.1) is 0 Å². The van der Waals surface area contributed by atoms with Gasteiger partial charge in [0.15, 0.2) is 0 Å². The van der Waals surface area contributed by atoms with E-state index in [9.17, 15) is 9.90 Å². The molecule has 0 bridgehead atoms. The number of amides is 1. The van der Waals surface area contributed by atoms with Crippen LogP contribution in [-0.4, -0.2) is 36.7 Å². The summed E-state index contributed by atoms with van der Waals surface area (Å²) in [7, 11) is 1.84. The van der Waals surface area contributed by atoms with Gasteiger partial charge in [-0.05, 0) is 25.7 Å². The monoisotopic (exact) mass is 337 g/mol. The Bertz CT molecular complexity index is 685. The molecule has 0 spiro atoms. The minimum atomic E-state index is -0.274. The highest BCUT2D eigenvalue weighted by Crippen LogP contribution is 2.37. The van der Waals surface area contributed by atoms with Crippen LogP contribution in [0.2, 0.25) is 5.02 Å². The first-order valence-electron chi connectivity index (χ1n) is 7.58. The molecule has 2 aromatic heterocycles. The predicted octanol–water partition coefficient (Wildman–Crippen LogP) is 1.21. The number of rotatable bonds is 5. The van der Waals surface area contributed by atoms with E-state index in [1.54, 1.807) is 24.0 Å². The number of hydrogen-bond donors (Lipinski definition) is 2. The van der Waals surface area contributed by atoms with Gasteiger partial charge in [0.05, 0.1) is 29.1 Å². The lowest BCUT2D eigenvalue weighted by molar-refractivity contribution is -0.123. The summed E-state index contributed by atoms with van der Waals surface area (Å²) in [5.74, 6) is 0.0838. The Labute approximate surface area is 139 Å². The molecule has 0 aromatic carbocycles. The van der Waals surface area contributed by atoms with Crippen molar-refractivity contribution in [3.63, 3.8) is 0 Å². The lowest BCUT2D eigenvalue weighted by atomic mass is 9.75. The van der Waals surface area contributed by atoms with Gasteiger partial charge in [0.1, 0.15) is 6.54 Å². The number of halogens is 1. The average Bonchev–Trinajstić information content (AvgIpc) is 3.00. The van der Waals surface area contributed by atoms with Gasteiger partial charge in [-0.25, -0.2) is 0 Å². The second-order valence-electron chi connectivity index (χ2n) is 6.14. The standard InChI is InChI=1S/C15H20ClN5O2/c1-9-13(16)7-21(19-9)8-14(23)18-15(10-3-12(22)4-10)11-5-17-20(2)6-11/h5-7,10,12,15,22H,3-4,8H2,1-2H3,(H,18,23). The first-order valence-corrected chi connectivity index (χ1v) is 7.95. The van der Waals surface area contributed by atoms with Gasteiger partial charge in [-0.2, -0.15) is 10.2 Å². The van der Waals surface area contributed by atoms with Crippen LogP contribution < -0.4 is 5.32 Å². The summed E-state index contributed by atoms with van der Waals surface area (Å²) in [4.78, 5) is 12.3. The number of aromatic nitrogens is 4. The molecule has 1 aliphatic carbocycles. The molecule has 1 atom stereocenters. The number of aliphatic hydroxyl groups is 1. The van der Waals surface area contributed by atoms with Gasteiger partial charge >= 0.3 is 0 Å². The molecule has 124 valence electrons. The van der Waals surface area contributed by atoms with E-state index in [0.29, 0.717) is 23.6 Å². The summed E-state index contributed by atoms with van der Waals surface area (Å²) < 4.78 is 3.24. The van der Waals surface area contributed by atoms with Crippen LogP contribution >= 0.6 is 11.6 Å². The molecule has 1 fully saturated rings. The van der Waals surface area contributed by atoms with E-state index >= 15 is 0 Å². The smallest absolute Gasteiger partial charge is 0.242 e. The van der Waals surface area contributed by atoms with E-state index in [-0.39, 0.29) is 30.5 Å².